The summed E-state index contributed by atoms with van der Waals surface area (Å²) in [5.41, 5.74) is 0. The van der Waals surface area contributed by atoms with Gasteiger partial charge in [0.15, 0.2) is 0 Å². The average molecular weight is 230 g/mol. The quantitative estimate of drug-likeness (QED) is 0.581. The van der Waals surface area contributed by atoms with Crippen molar-refractivity contribution in [2.24, 2.45) is 0 Å². The number of halogens is 1. The van der Waals surface area contributed by atoms with Crippen LogP contribution < -0.4 is 5.11 Å². The lowest BCUT2D eigenvalue weighted by Gasteiger charge is -2.19. The molecule has 76 valence electrons. The van der Waals surface area contributed by atoms with Crippen molar-refractivity contribution in [3.63, 3.8) is 0 Å². The summed E-state index contributed by atoms with van der Waals surface area (Å²) >= 11 is 6.96. The molecule has 0 heterocycles. The molecule has 1 aromatic carbocycles. The molecule has 4 heteroatoms. The number of hydrogen-bond donors (Lipinski definition) is 0. The molecule has 1 aromatic rings. The SMILES string of the molecule is C[C@H](Cl)[C@@H](Sc1ccccc1)C(=O)[O-]. The van der Waals surface area contributed by atoms with E-state index >= 15 is 0 Å². The molecule has 0 aliphatic carbocycles. The first-order chi connectivity index (χ1) is 6.61. The zero-order valence-corrected chi connectivity index (χ0v) is 9.22. The van der Waals surface area contributed by atoms with Crippen molar-refractivity contribution in [1.82, 2.24) is 0 Å². The van der Waals surface area contributed by atoms with E-state index < -0.39 is 16.6 Å². The van der Waals surface area contributed by atoms with Gasteiger partial charge in [-0.2, -0.15) is 0 Å². The third-order valence-corrected chi connectivity index (χ3v) is 3.46. The molecule has 1 rings (SSSR count). The Morgan fingerprint density at radius 1 is 1.43 bits per heavy atom. The van der Waals surface area contributed by atoms with Gasteiger partial charge in [0, 0.05) is 10.3 Å². The summed E-state index contributed by atoms with van der Waals surface area (Å²) in [5.74, 6) is -1.12. The molecule has 0 aliphatic heterocycles. The molecule has 0 N–H and O–H groups in total. The summed E-state index contributed by atoms with van der Waals surface area (Å²) in [6.45, 7) is 1.65. The van der Waals surface area contributed by atoms with Crippen LogP contribution in [0.2, 0.25) is 0 Å². The van der Waals surface area contributed by atoms with Crippen molar-refractivity contribution in [2.45, 2.75) is 22.4 Å². The first-order valence-electron chi connectivity index (χ1n) is 4.18. The van der Waals surface area contributed by atoms with E-state index in [1.807, 2.05) is 30.3 Å². The van der Waals surface area contributed by atoms with Gasteiger partial charge in [-0.3, -0.25) is 0 Å². The zero-order valence-electron chi connectivity index (χ0n) is 7.64. The number of rotatable bonds is 4. The number of benzene rings is 1. The molecule has 0 saturated heterocycles. The predicted molar refractivity (Wildman–Crippen MR) is 56.4 cm³/mol. The van der Waals surface area contributed by atoms with Crippen molar-refractivity contribution >= 4 is 29.3 Å². The Bertz CT molecular complexity index is 300. The summed E-state index contributed by atoms with van der Waals surface area (Å²) in [6, 6.07) is 9.28. The monoisotopic (exact) mass is 229 g/mol. The van der Waals surface area contributed by atoms with E-state index in [1.165, 1.54) is 11.8 Å². The van der Waals surface area contributed by atoms with Crippen LogP contribution in [0.1, 0.15) is 6.92 Å². The number of alkyl halides is 1. The largest absolute Gasteiger partial charge is 0.549 e. The highest BCUT2D eigenvalue weighted by molar-refractivity contribution is 8.00. The van der Waals surface area contributed by atoms with Crippen molar-refractivity contribution in [3.05, 3.63) is 30.3 Å². The number of carboxylic acids is 1. The van der Waals surface area contributed by atoms with Crippen molar-refractivity contribution in [1.29, 1.82) is 0 Å². The van der Waals surface area contributed by atoms with Crippen LogP contribution in [0.3, 0.4) is 0 Å². The maximum Gasteiger partial charge on any atom is 0.0651 e. The maximum absolute atomic E-state index is 10.7. The Kier molecular flexibility index (Phi) is 4.29. The standard InChI is InChI=1S/C10H11ClO2S/c1-7(11)9(10(12)13)14-8-5-3-2-4-6-8/h2-7,9H,1H3,(H,12,13)/p-1/t7-,9+/m0/s1. The minimum atomic E-state index is -1.12. The predicted octanol–water partition coefficient (Wildman–Crippen LogP) is 1.52. The van der Waals surface area contributed by atoms with Gasteiger partial charge in [-0.1, -0.05) is 18.2 Å². The van der Waals surface area contributed by atoms with E-state index in [-0.39, 0.29) is 0 Å². The number of carbonyl (C=O) groups excluding carboxylic acids is 1. The van der Waals surface area contributed by atoms with Gasteiger partial charge >= 0.3 is 0 Å². The van der Waals surface area contributed by atoms with Gasteiger partial charge < -0.3 is 9.90 Å². The molecule has 0 spiro atoms. The van der Waals surface area contributed by atoms with E-state index in [9.17, 15) is 9.90 Å². The van der Waals surface area contributed by atoms with Crippen LogP contribution in [-0.4, -0.2) is 16.6 Å². The average Bonchev–Trinajstić information content (AvgIpc) is 2.15. The van der Waals surface area contributed by atoms with Gasteiger partial charge in [0.2, 0.25) is 0 Å². The summed E-state index contributed by atoms with van der Waals surface area (Å²) in [5, 5.41) is 9.57. The molecule has 0 amide bonds. The van der Waals surface area contributed by atoms with Crippen molar-refractivity contribution in [3.8, 4) is 0 Å². The summed E-state index contributed by atoms with van der Waals surface area (Å²) in [4.78, 5) is 11.6. The van der Waals surface area contributed by atoms with E-state index in [0.29, 0.717) is 0 Å². The van der Waals surface area contributed by atoms with Crippen LogP contribution in [0.15, 0.2) is 35.2 Å². The van der Waals surface area contributed by atoms with E-state index in [0.717, 1.165) is 4.90 Å². The lowest BCUT2D eigenvalue weighted by molar-refractivity contribution is -0.304. The van der Waals surface area contributed by atoms with Crippen LogP contribution in [0.25, 0.3) is 0 Å². The lowest BCUT2D eigenvalue weighted by Crippen LogP contribution is -2.38. The summed E-state index contributed by atoms with van der Waals surface area (Å²) < 4.78 is 0. The van der Waals surface area contributed by atoms with Crippen LogP contribution in [0.5, 0.6) is 0 Å². The zero-order chi connectivity index (χ0) is 10.6. The molecule has 0 aromatic heterocycles. The number of carbonyl (C=O) groups is 1. The Morgan fingerprint density at radius 2 is 2.00 bits per heavy atom. The molecule has 0 unspecified atom stereocenters. The second-order valence-corrected chi connectivity index (χ2v) is 4.75. The molecular formula is C10H10ClO2S-. The van der Waals surface area contributed by atoms with Gasteiger partial charge in [-0.05, 0) is 19.1 Å². The van der Waals surface area contributed by atoms with Gasteiger partial charge in [0.25, 0.3) is 0 Å². The van der Waals surface area contributed by atoms with Crippen LogP contribution in [0, 0.1) is 0 Å². The third kappa shape index (κ3) is 3.24. The number of carboxylic acid groups (broad SMARTS) is 1. The first kappa shape index (κ1) is 11.4. The Morgan fingerprint density at radius 3 is 2.43 bits per heavy atom. The fourth-order valence-electron chi connectivity index (χ4n) is 0.975. The fraction of sp³-hybridized carbons (Fsp3) is 0.300. The molecule has 0 aliphatic rings. The topological polar surface area (TPSA) is 40.1 Å². The minimum Gasteiger partial charge on any atom is -0.549 e. The first-order valence-corrected chi connectivity index (χ1v) is 5.49. The second-order valence-electron chi connectivity index (χ2n) is 2.85. The molecule has 0 bridgehead atoms. The van der Waals surface area contributed by atoms with Gasteiger partial charge in [0.05, 0.1) is 11.2 Å². The normalized spacial score (nSPS) is 14.7. The van der Waals surface area contributed by atoms with Crippen LogP contribution >= 0.6 is 23.4 Å². The van der Waals surface area contributed by atoms with Crippen molar-refractivity contribution < 1.29 is 9.90 Å². The van der Waals surface area contributed by atoms with Crippen LogP contribution in [-0.2, 0) is 4.79 Å². The molecule has 14 heavy (non-hydrogen) atoms. The van der Waals surface area contributed by atoms with Crippen molar-refractivity contribution in [2.75, 3.05) is 0 Å². The highest BCUT2D eigenvalue weighted by Gasteiger charge is 2.17. The second kappa shape index (κ2) is 5.27. The molecule has 0 fully saturated rings. The molecular weight excluding hydrogens is 220 g/mol. The number of thioether (sulfide) groups is 1. The Hall–Kier alpha value is -0.670. The van der Waals surface area contributed by atoms with Gasteiger partial charge in [0.1, 0.15) is 0 Å². The smallest absolute Gasteiger partial charge is 0.0651 e. The minimum absolute atomic E-state index is 0.454. The Balaban J connectivity index is 2.70. The fourth-order valence-corrected chi connectivity index (χ4v) is 2.12. The van der Waals surface area contributed by atoms with Gasteiger partial charge in [-0.15, -0.1) is 23.4 Å². The van der Waals surface area contributed by atoms with E-state index in [2.05, 4.69) is 0 Å². The highest BCUT2D eigenvalue weighted by atomic mass is 35.5. The molecule has 0 radical (unpaired) electrons. The Labute approximate surface area is 92.3 Å². The highest BCUT2D eigenvalue weighted by Crippen LogP contribution is 2.26. The summed E-state index contributed by atoms with van der Waals surface area (Å²) in [6.07, 6.45) is 0. The molecule has 2 atom stereocenters. The molecule has 2 nitrogen and oxygen atoms in total. The lowest BCUT2D eigenvalue weighted by atomic mass is 10.3. The number of aliphatic carboxylic acids is 1. The van der Waals surface area contributed by atoms with E-state index in [4.69, 9.17) is 11.6 Å². The van der Waals surface area contributed by atoms with E-state index in [1.54, 1.807) is 6.92 Å². The molecule has 0 saturated carbocycles. The third-order valence-electron chi connectivity index (χ3n) is 1.66. The van der Waals surface area contributed by atoms with Gasteiger partial charge in [-0.25, -0.2) is 0 Å². The number of hydrogen-bond acceptors (Lipinski definition) is 3. The van der Waals surface area contributed by atoms with Crippen LogP contribution in [0.4, 0.5) is 0 Å². The maximum atomic E-state index is 10.7. The summed E-state index contributed by atoms with van der Waals surface area (Å²) in [7, 11) is 0.